The van der Waals surface area contributed by atoms with Crippen LogP contribution < -0.4 is 10.1 Å². The van der Waals surface area contributed by atoms with E-state index in [0.29, 0.717) is 17.1 Å². The molecule has 0 aromatic heterocycles. The van der Waals surface area contributed by atoms with Gasteiger partial charge >= 0.3 is 0 Å². The maximum absolute atomic E-state index is 12.1. The quantitative estimate of drug-likeness (QED) is 0.825. The second kappa shape index (κ2) is 5.84. The Labute approximate surface area is 113 Å². The van der Waals surface area contributed by atoms with Crippen molar-refractivity contribution in [2.75, 3.05) is 25.5 Å². The molecule has 2 rings (SSSR count). The number of benzene rings is 1. The zero-order valence-electron chi connectivity index (χ0n) is 11.3. The number of nitrogens with zero attached hydrogens (tertiary/aromatic N) is 2. The molecule has 0 aliphatic carbocycles. The van der Waals surface area contributed by atoms with E-state index in [1.54, 1.807) is 25.3 Å². The average Bonchev–Trinajstić information content (AvgIpc) is 2.37. The van der Waals surface area contributed by atoms with Gasteiger partial charge in [-0.15, -0.1) is 0 Å². The molecule has 5 heteroatoms. The van der Waals surface area contributed by atoms with Crippen molar-refractivity contribution < 1.29 is 9.53 Å². The van der Waals surface area contributed by atoms with E-state index >= 15 is 0 Å². The molecule has 1 unspecified atom stereocenters. The molecule has 1 aliphatic heterocycles. The topological polar surface area (TPSA) is 53.9 Å². The van der Waals surface area contributed by atoms with Crippen molar-refractivity contribution in [1.82, 2.24) is 4.90 Å². The molecule has 1 aromatic rings. The van der Waals surface area contributed by atoms with E-state index in [4.69, 9.17) is 4.74 Å². The predicted octanol–water partition coefficient (Wildman–Crippen LogP) is 2.06. The van der Waals surface area contributed by atoms with Crippen molar-refractivity contribution in [3.8, 4) is 5.75 Å². The molecule has 0 spiro atoms. The average molecular weight is 261 g/mol. The molecule has 1 atom stereocenters. The smallest absolute Gasteiger partial charge is 0.241 e. The van der Waals surface area contributed by atoms with Crippen LogP contribution in [0.15, 0.2) is 23.2 Å². The number of carbonyl (C=O) groups excluding carboxylic acids is 1. The lowest BCUT2D eigenvalue weighted by Gasteiger charge is -2.35. The fourth-order valence-corrected chi connectivity index (χ4v) is 2.01. The summed E-state index contributed by atoms with van der Waals surface area (Å²) < 4.78 is 5.12. The standard InChI is InChI=1S/C14H19N3O2/c1-10(17-7-4-8-17)14(18)16-12-6-5-11(19-3)9-13(12)15-2/h5-6,9-10H,2,4,7-8H2,1,3H3,(H,16,18). The highest BCUT2D eigenvalue weighted by Gasteiger charge is 2.26. The summed E-state index contributed by atoms with van der Waals surface area (Å²) >= 11 is 0. The van der Waals surface area contributed by atoms with Gasteiger partial charge in [-0.1, -0.05) is 0 Å². The van der Waals surface area contributed by atoms with Crippen LogP contribution in [0.2, 0.25) is 0 Å². The number of ether oxygens (including phenoxy) is 1. The molecule has 5 nitrogen and oxygen atoms in total. The van der Waals surface area contributed by atoms with Gasteiger partial charge in [-0.3, -0.25) is 14.7 Å². The number of likely N-dealkylation sites (tertiary alicyclic amines) is 1. The van der Waals surface area contributed by atoms with E-state index in [9.17, 15) is 4.79 Å². The highest BCUT2D eigenvalue weighted by atomic mass is 16.5. The zero-order valence-corrected chi connectivity index (χ0v) is 11.3. The SMILES string of the molecule is C=Nc1cc(OC)ccc1NC(=O)C(C)N1CCC1. The number of anilines is 1. The highest BCUT2D eigenvalue weighted by molar-refractivity contribution is 5.97. The third-order valence-electron chi connectivity index (χ3n) is 3.45. The number of methoxy groups -OCH3 is 1. The summed E-state index contributed by atoms with van der Waals surface area (Å²) in [4.78, 5) is 18.2. The molecule has 1 amide bonds. The summed E-state index contributed by atoms with van der Waals surface area (Å²) in [6.07, 6.45) is 1.17. The van der Waals surface area contributed by atoms with Gasteiger partial charge in [0.15, 0.2) is 0 Å². The predicted molar refractivity (Wildman–Crippen MR) is 76.5 cm³/mol. The Balaban J connectivity index is 2.09. The van der Waals surface area contributed by atoms with Crippen LogP contribution >= 0.6 is 0 Å². The summed E-state index contributed by atoms with van der Waals surface area (Å²) in [6, 6.07) is 5.20. The number of hydrogen-bond acceptors (Lipinski definition) is 4. The first kappa shape index (κ1) is 13.5. The van der Waals surface area contributed by atoms with Crippen molar-refractivity contribution >= 4 is 24.0 Å². The van der Waals surface area contributed by atoms with Crippen LogP contribution in [0.25, 0.3) is 0 Å². The summed E-state index contributed by atoms with van der Waals surface area (Å²) in [5.41, 5.74) is 1.27. The van der Waals surface area contributed by atoms with Crippen molar-refractivity contribution in [1.29, 1.82) is 0 Å². The lowest BCUT2D eigenvalue weighted by molar-refractivity contribution is -0.122. The van der Waals surface area contributed by atoms with E-state index in [1.165, 1.54) is 6.42 Å². The summed E-state index contributed by atoms with van der Waals surface area (Å²) in [5, 5.41) is 2.89. The van der Waals surface area contributed by atoms with Crippen LogP contribution in [0.1, 0.15) is 13.3 Å². The molecular weight excluding hydrogens is 242 g/mol. The van der Waals surface area contributed by atoms with E-state index in [2.05, 4.69) is 21.9 Å². The second-order valence-corrected chi connectivity index (χ2v) is 4.60. The van der Waals surface area contributed by atoms with Crippen LogP contribution in [0.3, 0.4) is 0 Å². The van der Waals surface area contributed by atoms with Crippen LogP contribution in [-0.4, -0.2) is 43.8 Å². The fourth-order valence-electron chi connectivity index (χ4n) is 2.01. The van der Waals surface area contributed by atoms with E-state index in [-0.39, 0.29) is 11.9 Å². The largest absolute Gasteiger partial charge is 0.497 e. The minimum Gasteiger partial charge on any atom is -0.497 e. The van der Waals surface area contributed by atoms with Crippen molar-refractivity contribution in [2.45, 2.75) is 19.4 Å². The maximum atomic E-state index is 12.1. The first-order chi connectivity index (χ1) is 9.15. The van der Waals surface area contributed by atoms with Gasteiger partial charge in [0, 0.05) is 19.2 Å². The number of rotatable bonds is 5. The highest BCUT2D eigenvalue weighted by Crippen LogP contribution is 2.29. The Hall–Kier alpha value is -1.88. The molecular formula is C14H19N3O2. The minimum absolute atomic E-state index is 0.0187. The number of amides is 1. The fraction of sp³-hybridized carbons (Fsp3) is 0.429. The minimum atomic E-state index is -0.117. The molecule has 1 aliphatic rings. The van der Waals surface area contributed by atoms with Crippen molar-refractivity contribution in [3.63, 3.8) is 0 Å². The van der Waals surface area contributed by atoms with Gasteiger partial charge in [0.25, 0.3) is 0 Å². The third-order valence-corrected chi connectivity index (χ3v) is 3.45. The van der Waals surface area contributed by atoms with Gasteiger partial charge in [-0.2, -0.15) is 0 Å². The monoisotopic (exact) mass is 261 g/mol. The Bertz CT molecular complexity index is 484. The summed E-state index contributed by atoms with van der Waals surface area (Å²) in [6.45, 7) is 7.41. The molecule has 102 valence electrons. The van der Waals surface area contributed by atoms with Crippen molar-refractivity contribution in [2.24, 2.45) is 4.99 Å². The Morgan fingerprint density at radius 1 is 1.53 bits per heavy atom. The zero-order chi connectivity index (χ0) is 13.8. The summed E-state index contributed by atoms with van der Waals surface area (Å²) in [7, 11) is 1.59. The molecule has 0 saturated carbocycles. The van der Waals surface area contributed by atoms with Gasteiger partial charge < -0.3 is 10.1 Å². The molecule has 19 heavy (non-hydrogen) atoms. The van der Waals surface area contributed by atoms with Crippen LogP contribution in [0, 0.1) is 0 Å². The van der Waals surface area contributed by atoms with E-state index in [0.717, 1.165) is 13.1 Å². The molecule has 1 aromatic carbocycles. The van der Waals surface area contributed by atoms with Crippen molar-refractivity contribution in [3.05, 3.63) is 18.2 Å². The first-order valence-corrected chi connectivity index (χ1v) is 6.35. The van der Waals surface area contributed by atoms with Crippen LogP contribution in [0.4, 0.5) is 11.4 Å². The van der Waals surface area contributed by atoms with E-state index < -0.39 is 0 Å². The van der Waals surface area contributed by atoms with Gasteiger partial charge in [0.1, 0.15) is 5.75 Å². The van der Waals surface area contributed by atoms with Crippen LogP contribution in [-0.2, 0) is 4.79 Å². The normalized spacial score (nSPS) is 16.3. The van der Waals surface area contributed by atoms with Gasteiger partial charge in [-0.25, -0.2) is 0 Å². The molecule has 1 N–H and O–H groups in total. The molecule has 1 heterocycles. The number of hydrogen-bond donors (Lipinski definition) is 1. The summed E-state index contributed by atoms with van der Waals surface area (Å²) in [5.74, 6) is 0.672. The van der Waals surface area contributed by atoms with Gasteiger partial charge in [0.2, 0.25) is 5.91 Å². The number of nitrogens with one attached hydrogen (secondary N) is 1. The second-order valence-electron chi connectivity index (χ2n) is 4.60. The molecule has 1 fully saturated rings. The van der Waals surface area contributed by atoms with Crippen LogP contribution in [0.5, 0.6) is 5.75 Å². The first-order valence-electron chi connectivity index (χ1n) is 6.35. The lowest BCUT2D eigenvalue weighted by Crippen LogP contribution is -2.49. The Morgan fingerprint density at radius 3 is 2.79 bits per heavy atom. The van der Waals surface area contributed by atoms with Gasteiger partial charge in [-0.05, 0) is 32.2 Å². The molecule has 0 bridgehead atoms. The number of aliphatic imine (C=N–C) groups is 1. The maximum Gasteiger partial charge on any atom is 0.241 e. The van der Waals surface area contributed by atoms with Gasteiger partial charge in [0.05, 0.1) is 24.5 Å². The number of carbonyl (C=O) groups is 1. The Morgan fingerprint density at radius 2 is 2.26 bits per heavy atom. The third kappa shape index (κ3) is 2.93. The molecule has 1 saturated heterocycles. The Kier molecular flexibility index (Phi) is 4.16. The van der Waals surface area contributed by atoms with E-state index in [1.807, 2.05) is 6.92 Å². The lowest BCUT2D eigenvalue weighted by atomic mass is 10.1. The molecule has 0 radical (unpaired) electrons.